The van der Waals surface area contributed by atoms with Crippen LogP contribution in [0.2, 0.25) is 0 Å². The second-order valence-electron chi connectivity index (χ2n) is 6.31. The van der Waals surface area contributed by atoms with Gasteiger partial charge in [0.1, 0.15) is 0 Å². The molecular formula is C22H16I2N2O3S. The number of carbonyl (C=O) groups is 2. The smallest absolute Gasteiger partial charge is 0.337 e. The predicted octanol–water partition coefficient (Wildman–Crippen LogP) is 5.24. The molecule has 3 N–H and O–H groups in total. The van der Waals surface area contributed by atoms with Gasteiger partial charge in [-0.25, -0.2) is 4.79 Å². The number of carbonyl (C=O) groups excluding carboxylic acids is 1. The van der Waals surface area contributed by atoms with E-state index in [0.717, 1.165) is 14.7 Å². The molecule has 0 bridgehead atoms. The Hall–Kier alpha value is -2.05. The maximum atomic E-state index is 13.1. The lowest BCUT2D eigenvalue weighted by atomic mass is 9.90. The molecule has 0 aliphatic carbocycles. The summed E-state index contributed by atoms with van der Waals surface area (Å²) in [6.07, 6.45) is 0. The first-order valence-electron chi connectivity index (χ1n) is 8.81. The third-order valence-electron chi connectivity index (χ3n) is 4.29. The zero-order valence-electron chi connectivity index (χ0n) is 15.4. The number of nitrogens with one attached hydrogen (secondary N) is 2. The summed E-state index contributed by atoms with van der Waals surface area (Å²) < 4.78 is 1.49. The van der Waals surface area contributed by atoms with E-state index < -0.39 is 11.9 Å². The van der Waals surface area contributed by atoms with E-state index in [1.54, 1.807) is 6.07 Å². The molecule has 5 nitrogen and oxygen atoms in total. The largest absolute Gasteiger partial charge is 0.478 e. The summed E-state index contributed by atoms with van der Waals surface area (Å²) in [5.74, 6) is -1.93. The Balaban J connectivity index is 1.85. The standard InChI is InChI=1S/C22H16I2N2O3S/c23-15-11-16(21(28)29)19(17(24)12-15)25-22(30)26-20(27)18(13-7-3-1-4-8-13)14-9-5-2-6-10-14/h1-12,18H,(H,28,29)(H2,25,26,27,30). The normalized spacial score (nSPS) is 10.5. The summed E-state index contributed by atoms with van der Waals surface area (Å²) in [6.45, 7) is 0. The van der Waals surface area contributed by atoms with E-state index >= 15 is 0 Å². The molecule has 3 aromatic rings. The van der Waals surface area contributed by atoms with Crippen molar-refractivity contribution in [2.75, 3.05) is 5.32 Å². The zero-order chi connectivity index (χ0) is 21.7. The minimum Gasteiger partial charge on any atom is -0.478 e. The highest BCUT2D eigenvalue weighted by molar-refractivity contribution is 14.1. The van der Waals surface area contributed by atoms with Gasteiger partial charge in [0.15, 0.2) is 5.11 Å². The maximum absolute atomic E-state index is 13.1. The van der Waals surface area contributed by atoms with Crippen LogP contribution in [-0.2, 0) is 4.79 Å². The predicted molar refractivity (Wildman–Crippen MR) is 138 cm³/mol. The molecule has 0 aromatic heterocycles. The van der Waals surface area contributed by atoms with E-state index in [9.17, 15) is 14.7 Å². The topological polar surface area (TPSA) is 78.4 Å². The molecule has 0 radical (unpaired) electrons. The second-order valence-corrected chi connectivity index (χ2v) is 9.13. The molecule has 8 heteroatoms. The molecule has 0 unspecified atom stereocenters. The van der Waals surface area contributed by atoms with E-state index in [1.165, 1.54) is 0 Å². The molecule has 1 amide bonds. The summed E-state index contributed by atoms with van der Waals surface area (Å²) >= 11 is 9.43. The Morgan fingerprint density at radius 1 is 0.900 bits per heavy atom. The number of carboxylic acid groups (broad SMARTS) is 1. The first-order valence-corrected chi connectivity index (χ1v) is 11.4. The summed E-state index contributed by atoms with van der Waals surface area (Å²) in [5.41, 5.74) is 2.11. The molecule has 0 aliphatic heterocycles. The number of hydrogen-bond acceptors (Lipinski definition) is 3. The van der Waals surface area contributed by atoms with Crippen molar-refractivity contribution in [2.24, 2.45) is 0 Å². The van der Waals surface area contributed by atoms with Crippen LogP contribution in [0.1, 0.15) is 27.4 Å². The number of thiocarbonyl (C=S) groups is 1. The van der Waals surface area contributed by atoms with Crippen LogP contribution in [0, 0.1) is 7.14 Å². The first kappa shape index (κ1) is 22.6. The Kier molecular flexibility index (Phi) is 7.78. The molecule has 0 saturated heterocycles. The molecule has 30 heavy (non-hydrogen) atoms. The van der Waals surface area contributed by atoms with Crippen LogP contribution >= 0.6 is 57.4 Å². The first-order chi connectivity index (χ1) is 14.4. The average Bonchev–Trinajstić information content (AvgIpc) is 2.71. The highest BCUT2D eigenvalue weighted by atomic mass is 127. The van der Waals surface area contributed by atoms with Gasteiger partial charge in [0, 0.05) is 7.14 Å². The van der Waals surface area contributed by atoms with Crippen LogP contribution in [0.5, 0.6) is 0 Å². The van der Waals surface area contributed by atoms with Gasteiger partial charge in [-0.1, -0.05) is 60.7 Å². The van der Waals surface area contributed by atoms with Crippen LogP contribution in [0.25, 0.3) is 0 Å². The lowest BCUT2D eigenvalue weighted by molar-refractivity contribution is -0.120. The number of anilines is 1. The van der Waals surface area contributed by atoms with Gasteiger partial charge in [0.25, 0.3) is 0 Å². The molecule has 0 fully saturated rings. The lowest BCUT2D eigenvalue weighted by Crippen LogP contribution is -2.38. The zero-order valence-corrected chi connectivity index (χ0v) is 20.6. The molecule has 0 aliphatic rings. The van der Waals surface area contributed by atoms with Gasteiger partial charge in [0.05, 0.1) is 17.2 Å². The Morgan fingerprint density at radius 2 is 1.43 bits per heavy atom. The number of amides is 1. The summed E-state index contributed by atoms with van der Waals surface area (Å²) in [5, 5.41) is 15.2. The maximum Gasteiger partial charge on any atom is 0.337 e. The van der Waals surface area contributed by atoms with Crippen molar-refractivity contribution in [1.82, 2.24) is 5.32 Å². The number of benzene rings is 3. The fourth-order valence-electron chi connectivity index (χ4n) is 2.98. The minimum absolute atomic E-state index is 0.0403. The highest BCUT2D eigenvalue weighted by Crippen LogP contribution is 2.27. The monoisotopic (exact) mass is 642 g/mol. The van der Waals surface area contributed by atoms with Crippen molar-refractivity contribution in [3.05, 3.63) is 96.6 Å². The van der Waals surface area contributed by atoms with Crippen LogP contribution < -0.4 is 10.6 Å². The number of rotatable bonds is 5. The molecule has 152 valence electrons. The van der Waals surface area contributed by atoms with Crippen LogP contribution in [0.3, 0.4) is 0 Å². The van der Waals surface area contributed by atoms with Crippen LogP contribution in [0.4, 0.5) is 5.69 Å². The Morgan fingerprint density at radius 3 is 1.93 bits per heavy atom. The SMILES string of the molecule is O=C(O)c1cc(I)cc(I)c1NC(=S)NC(=O)C(c1ccccc1)c1ccccc1. The Bertz CT molecular complexity index is 1050. The Labute approximate surface area is 206 Å². The highest BCUT2D eigenvalue weighted by Gasteiger charge is 2.24. The molecule has 3 rings (SSSR count). The summed E-state index contributed by atoms with van der Waals surface area (Å²) in [4.78, 5) is 24.8. The molecular weight excluding hydrogens is 626 g/mol. The molecule has 0 heterocycles. The molecule has 0 atom stereocenters. The van der Waals surface area contributed by atoms with Gasteiger partial charge >= 0.3 is 5.97 Å². The van der Waals surface area contributed by atoms with Gasteiger partial charge in [-0.2, -0.15) is 0 Å². The average molecular weight is 642 g/mol. The fourth-order valence-corrected chi connectivity index (χ4v) is 5.17. The van der Waals surface area contributed by atoms with Crippen molar-refractivity contribution < 1.29 is 14.7 Å². The van der Waals surface area contributed by atoms with E-state index in [-0.39, 0.29) is 16.6 Å². The van der Waals surface area contributed by atoms with Crippen LogP contribution in [-0.4, -0.2) is 22.1 Å². The fraction of sp³-hybridized carbons (Fsp3) is 0.0455. The van der Waals surface area contributed by atoms with E-state index in [4.69, 9.17) is 12.2 Å². The van der Waals surface area contributed by atoms with Gasteiger partial charge in [0.2, 0.25) is 5.91 Å². The van der Waals surface area contributed by atoms with Crippen molar-refractivity contribution in [3.8, 4) is 0 Å². The third kappa shape index (κ3) is 5.55. The van der Waals surface area contributed by atoms with Crippen molar-refractivity contribution in [3.63, 3.8) is 0 Å². The molecule has 0 spiro atoms. The quantitative estimate of drug-likeness (QED) is 0.263. The number of aromatic carboxylic acids is 1. The number of hydrogen-bond donors (Lipinski definition) is 3. The van der Waals surface area contributed by atoms with Crippen LogP contribution in [0.15, 0.2) is 72.8 Å². The summed E-state index contributed by atoms with van der Waals surface area (Å²) in [6, 6.07) is 22.2. The van der Waals surface area contributed by atoms with Gasteiger partial charge in [-0.3, -0.25) is 4.79 Å². The van der Waals surface area contributed by atoms with E-state index in [1.807, 2.05) is 89.3 Å². The van der Waals surface area contributed by atoms with Crippen molar-refractivity contribution >= 4 is 80.1 Å². The molecule has 3 aromatic carbocycles. The van der Waals surface area contributed by atoms with E-state index in [2.05, 4.69) is 33.2 Å². The van der Waals surface area contributed by atoms with Crippen molar-refractivity contribution in [1.29, 1.82) is 0 Å². The minimum atomic E-state index is -1.07. The summed E-state index contributed by atoms with van der Waals surface area (Å²) in [7, 11) is 0. The number of carboxylic acids is 1. The third-order valence-corrected chi connectivity index (χ3v) is 5.97. The lowest BCUT2D eigenvalue weighted by Gasteiger charge is -2.19. The second kappa shape index (κ2) is 10.3. The van der Waals surface area contributed by atoms with E-state index in [0.29, 0.717) is 9.26 Å². The molecule has 0 saturated carbocycles. The van der Waals surface area contributed by atoms with Gasteiger partial charge in [-0.15, -0.1) is 0 Å². The van der Waals surface area contributed by atoms with Gasteiger partial charge < -0.3 is 15.7 Å². The number of halogens is 2. The van der Waals surface area contributed by atoms with Crippen molar-refractivity contribution in [2.45, 2.75) is 5.92 Å². The van der Waals surface area contributed by atoms with Gasteiger partial charge in [-0.05, 0) is 80.7 Å².